The van der Waals surface area contributed by atoms with E-state index in [-0.39, 0.29) is 33.2 Å². The molecule has 0 saturated carbocycles. The minimum atomic E-state index is -0.785. The largest absolute Gasteiger partial charge is 0.396 e. The summed E-state index contributed by atoms with van der Waals surface area (Å²) < 4.78 is 26.3. The van der Waals surface area contributed by atoms with Crippen molar-refractivity contribution in [2.45, 2.75) is 6.54 Å². The van der Waals surface area contributed by atoms with E-state index >= 15 is 0 Å². The number of benzene rings is 1. The monoisotopic (exact) mass is 308 g/mol. The fourth-order valence-corrected chi connectivity index (χ4v) is 2.66. The number of hydrogen-bond donors (Lipinski definition) is 3. The number of nitriles is 1. The number of primary amides is 1. The first kappa shape index (κ1) is 14.7. The topological polar surface area (TPSA) is 105 Å². The van der Waals surface area contributed by atoms with Gasteiger partial charge in [-0.05, 0) is 6.07 Å². The Morgan fingerprint density at radius 3 is 2.71 bits per heavy atom. The van der Waals surface area contributed by atoms with Gasteiger partial charge >= 0.3 is 0 Å². The van der Waals surface area contributed by atoms with Gasteiger partial charge in [-0.1, -0.05) is 6.07 Å². The molecule has 5 N–H and O–H groups in total. The Morgan fingerprint density at radius 1 is 1.43 bits per heavy atom. The molecular weight excluding hydrogens is 298 g/mol. The molecule has 8 heteroatoms. The molecule has 0 atom stereocenters. The van der Waals surface area contributed by atoms with Crippen LogP contribution in [0.15, 0.2) is 18.2 Å². The summed E-state index contributed by atoms with van der Waals surface area (Å²) in [5.41, 5.74) is 11.1. The molecule has 108 valence electrons. The summed E-state index contributed by atoms with van der Waals surface area (Å²) in [7, 11) is 0. The maximum Gasteiger partial charge on any atom is 0.253 e. The van der Waals surface area contributed by atoms with E-state index in [9.17, 15) is 13.6 Å². The Morgan fingerprint density at radius 2 is 2.14 bits per heavy atom. The van der Waals surface area contributed by atoms with Crippen molar-refractivity contribution in [3.63, 3.8) is 0 Å². The Kier molecular flexibility index (Phi) is 4.05. The van der Waals surface area contributed by atoms with Crippen molar-refractivity contribution in [3.8, 4) is 6.07 Å². The third-order valence-corrected chi connectivity index (χ3v) is 3.82. The molecule has 0 radical (unpaired) electrons. The van der Waals surface area contributed by atoms with Gasteiger partial charge in [0.05, 0.1) is 11.3 Å². The molecule has 2 rings (SSSR count). The van der Waals surface area contributed by atoms with Gasteiger partial charge in [0.2, 0.25) is 0 Å². The van der Waals surface area contributed by atoms with Gasteiger partial charge in [-0.25, -0.2) is 8.78 Å². The molecule has 1 aromatic heterocycles. The molecule has 0 aliphatic carbocycles. The summed E-state index contributed by atoms with van der Waals surface area (Å²) in [6.45, 7) is -0.00276. The number of carbonyl (C=O) groups excluding carboxylic acids is 1. The Balaban J connectivity index is 2.28. The first-order chi connectivity index (χ1) is 9.93. The van der Waals surface area contributed by atoms with Crippen LogP contribution in [0.3, 0.4) is 0 Å². The van der Waals surface area contributed by atoms with Crippen LogP contribution in [0.1, 0.15) is 20.8 Å². The Labute approximate surface area is 122 Å². The van der Waals surface area contributed by atoms with Crippen LogP contribution in [-0.2, 0) is 6.54 Å². The van der Waals surface area contributed by atoms with Crippen LogP contribution in [-0.4, -0.2) is 5.91 Å². The highest BCUT2D eigenvalue weighted by Crippen LogP contribution is 2.35. The van der Waals surface area contributed by atoms with Crippen molar-refractivity contribution in [2.75, 3.05) is 11.1 Å². The molecule has 0 saturated heterocycles. The summed E-state index contributed by atoms with van der Waals surface area (Å²) in [4.78, 5) is 11.5. The van der Waals surface area contributed by atoms with Crippen LogP contribution in [0, 0.1) is 23.0 Å². The van der Waals surface area contributed by atoms with Crippen molar-refractivity contribution in [3.05, 3.63) is 45.8 Å². The predicted octanol–water partition coefficient (Wildman–Crippen LogP) is 2.19. The van der Waals surface area contributed by atoms with E-state index in [0.717, 1.165) is 23.5 Å². The van der Waals surface area contributed by atoms with E-state index in [0.29, 0.717) is 0 Å². The normalized spacial score (nSPS) is 10.1. The van der Waals surface area contributed by atoms with Gasteiger partial charge in [0.25, 0.3) is 5.91 Å². The number of nitrogens with one attached hydrogen (secondary N) is 1. The SMILES string of the molecule is N#Cc1sc(NCc2ccc(F)cc2F)c(C(N)=O)c1N. The molecule has 1 aromatic carbocycles. The van der Waals surface area contributed by atoms with Crippen molar-refractivity contribution in [2.24, 2.45) is 5.73 Å². The maximum atomic E-state index is 13.5. The first-order valence-electron chi connectivity index (χ1n) is 5.74. The van der Waals surface area contributed by atoms with Crippen LogP contribution in [0.25, 0.3) is 0 Å². The molecule has 1 heterocycles. The second-order valence-corrected chi connectivity index (χ2v) is 5.13. The van der Waals surface area contributed by atoms with Crippen molar-refractivity contribution in [1.29, 1.82) is 5.26 Å². The van der Waals surface area contributed by atoms with Gasteiger partial charge in [0.1, 0.15) is 27.6 Å². The number of thiophene rings is 1. The molecule has 0 aliphatic rings. The summed E-state index contributed by atoms with van der Waals surface area (Å²) in [6.07, 6.45) is 0. The zero-order valence-electron chi connectivity index (χ0n) is 10.6. The quantitative estimate of drug-likeness (QED) is 0.805. The lowest BCUT2D eigenvalue weighted by Crippen LogP contribution is -2.14. The predicted molar refractivity (Wildman–Crippen MR) is 75.6 cm³/mol. The summed E-state index contributed by atoms with van der Waals surface area (Å²) in [6, 6.07) is 5.01. The van der Waals surface area contributed by atoms with E-state index in [2.05, 4.69) is 5.32 Å². The van der Waals surface area contributed by atoms with Crippen LogP contribution < -0.4 is 16.8 Å². The summed E-state index contributed by atoms with van der Waals surface area (Å²) in [5.74, 6) is -2.18. The maximum absolute atomic E-state index is 13.5. The number of amides is 1. The number of anilines is 2. The van der Waals surface area contributed by atoms with Crippen LogP contribution in [0.4, 0.5) is 19.5 Å². The van der Waals surface area contributed by atoms with E-state index in [1.54, 1.807) is 0 Å². The molecule has 1 amide bonds. The Hall–Kier alpha value is -2.66. The number of carbonyl (C=O) groups is 1. The van der Waals surface area contributed by atoms with Gasteiger partial charge in [0.15, 0.2) is 0 Å². The van der Waals surface area contributed by atoms with E-state index in [4.69, 9.17) is 16.7 Å². The minimum absolute atomic E-state index is 0.000861. The first-order valence-corrected chi connectivity index (χ1v) is 6.55. The van der Waals surface area contributed by atoms with Gasteiger partial charge < -0.3 is 16.8 Å². The smallest absolute Gasteiger partial charge is 0.253 e. The van der Waals surface area contributed by atoms with E-state index < -0.39 is 17.5 Å². The standard InChI is InChI=1S/C13H10F2N4OS/c14-7-2-1-6(8(15)3-7)5-19-13-10(12(18)20)11(17)9(4-16)21-13/h1-3,19H,5,17H2,(H2,18,20). The Bertz CT molecular complexity index is 751. The highest BCUT2D eigenvalue weighted by Gasteiger charge is 2.20. The summed E-state index contributed by atoms with van der Waals surface area (Å²) >= 11 is 0.948. The van der Waals surface area contributed by atoms with Gasteiger partial charge in [-0.2, -0.15) is 5.26 Å². The highest BCUT2D eigenvalue weighted by molar-refractivity contribution is 7.17. The molecule has 0 bridgehead atoms. The number of halogens is 2. The fourth-order valence-electron chi connectivity index (χ4n) is 1.74. The van der Waals surface area contributed by atoms with Gasteiger partial charge in [0, 0.05) is 18.2 Å². The molecule has 5 nitrogen and oxygen atoms in total. The van der Waals surface area contributed by atoms with Crippen molar-refractivity contribution >= 4 is 27.9 Å². The molecule has 21 heavy (non-hydrogen) atoms. The molecule has 0 aliphatic heterocycles. The molecule has 0 spiro atoms. The lowest BCUT2D eigenvalue weighted by Gasteiger charge is -2.07. The second-order valence-electron chi connectivity index (χ2n) is 4.11. The van der Waals surface area contributed by atoms with Crippen LogP contribution >= 0.6 is 11.3 Å². The second kappa shape index (κ2) is 5.76. The van der Waals surface area contributed by atoms with Crippen LogP contribution in [0.2, 0.25) is 0 Å². The average Bonchev–Trinajstić information content (AvgIpc) is 2.74. The van der Waals surface area contributed by atoms with Crippen molar-refractivity contribution < 1.29 is 13.6 Å². The molecule has 0 fully saturated rings. The number of nitrogen functional groups attached to an aromatic ring is 1. The summed E-state index contributed by atoms with van der Waals surface area (Å²) in [5, 5.41) is 12.0. The lowest BCUT2D eigenvalue weighted by atomic mass is 10.2. The fraction of sp³-hybridized carbons (Fsp3) is 0.0769. The third kappa shape index (κ3) is 2.93. The third-order valence-electron chi connectivity index (χ3n) is 2.75. The number of nitrogens with two attached hydrogens (primary N) is 2. The molecule has 2 aromatic rings. The number of hydrogen-bond acceptors (Lipinski definition) is 5. The lowest BCUT2D eigenvalue weighted by molar-refractivity contribution is 0.100. The van der Waals surface area contributed by atoms with Crippen LogP contribution in [0.5, 0.6) is 0 Å². The van der Waals surface area contributed by atoms with Gasteiger partial charge in [-0.3, -0.25) is 4.79 Å². The molecule has 0 unspecified atom stereocenters. The molecular formula is C13H10F2N4OS. The number of nitrogens with zero attached hydrogens (tertiary/aromatic N) is 1. The van der Waals surface area contributed by atoms with Gasteiger partial charge in [-0.15, -0.1) is 11.3 Å². The van der Waals surface area contributed by atoms with E-state index in [1.807, 2.05) is 6.07 Å². The van der Waals surface area contributed by atoms with E-state index in [1.165, 1.54) is 6.07 Å². The van der Waals surface area contributed by atoms with Crippen molar-refractivity contribution in [1.82, 2.24) is 0 Å². The average molecular weight is 308 g/mol. The number of rotatable bonds is 4. The zero-order chi connectivity index (χ0) is 15.6. The minimum Gasteiger partial charge on any atom is -0.396 e. The highest BCUT2D eigenvalue weighted by atomic mass is 32.1. The zero-order valence-corrected chi connectivity index (χ0v) is 11.4.